The van der Waals surface area contributed by atoms with Gasteiger partial charge in [0.15, 0.2) is 0 Å². The van der Waals surface area contributed by atoms with Gasteiger partial charge in [-0.3, -0.25) is 0 Å². The molecule has 2 aromatic heterocycles. The lowest BCUT2D eigenvalue weighted by Gasteiger charge is -2.20. The molecular formula is C55H34N2. The van der Waals surface area contributed by atoms with Crippen molar-refractivity contribution in [3.8, 4) is 78.0 Å². The largest absolute Gasteiger partial charge is 0.306 e. The van der Waals surface area contributed by atoms with Crippen LogP contribution in [-0.2, 0) is 0 Å². The number of hydrogen-bond donors (Lipinski definition) is 0. The molecule has 12 rings (SSSR count). The van der Waals surface area contributed by atoms with E-state index in [0.717, 1.165) is 16.9 Å². The van der Waals surface area contributed by atoms with Crippen molar-refractivity contribution in [2.45, 2.75) is 0 Å². The molecule has 2 heterocycles. The molecule has 57 heavy (non-hydrogen) atoms. The lowest BCUT2D eigenvalue weighted by molar-refractivity contribution is 1.19. The van der Waals surface area contributed by atoms with Crippen LogP contribution in [0.15, 0.2) is 207 Å². The molecule has 0 saturated carbocycles. The minimum atomic E-state index is 0.954. The summed E-state index contributed by atoms with van der Waals surface area (Å²) >= 11 is 0. The molecule has 264 valence electrons. The third-order valence-electron chi connectivity index (χ3n) is 11.9. The molecule has 11 aromatic rings. The summed E-state index contributed by atoms with van der Waals surface area (Å²) in [4.78, 5) is 4.81. The highest BCUT2D eigenvalue weighted by molar-refractivity contribution is 6.28. The Morgan fingerprint density at radius 2 is 0.877 bits per heavy atom. The maximum absolute atomic E-state index is 4.81. The molecule has 0 radical (unpaired) electrons. The predicted octanol–water partition coefficient (Wildman–Crippen LogP) is 14.8. The molecule has 2 nitrogen and oxygen atoms in total. The Bertz CT molecular complexity index is 3250. The Kier molecular flexibility index (Phi) is 6.96. The standard InChI is InChI=1S/C55H34N2/c1-3-12-37(13-4-1)51-45-16-7-8-17-46(45)52(38-14-5-2-6-15-38)55-48-30-29-43(44-18-11-19-47(53(44)48)54(51)55)42-28-27-40-32-39(25-26-41(40)33-42)35-21-23-36(24-22-35)49-34-57-31-10-9-20-50(57)56-49/h1-34H. The fourth-order valence-corrected chi connectivity index (χ4v) is 9.36. The van der Waals surface area contributed by atoms with E-state index in [1.54, 1.807) is 0 Å². The summed E-state index contributed by atoms with van der Waals surface area (Å²) in [5.74, 6) is 0. The van der Waals surface area contributed by atoms with Crippen LogP contribution in [0.3, 0.4) is 0 Å². The predicted molar refractivity (Wildman–Crippen MR) is 239 cm³/mol. The number of fused-ring (bicyclic) bond motifs is 6. The van der Waals surface area contributed by atoms with E-state index in [0.29, 0.717) is 0 Å². The zero-order valence-electron chi connectivity index (χ0n) is 31.0. The lowest BCUT2D eigenvalue weighted by atomic mass is 9.82. The van der Waals surface area contributed by atoms with Crippen molar-refractivity contribution >= 4 is 38.0 Å². The summed E-state index contributed by atoms with van der Waals surface area (Å²) in [5.41, 5.74) is 18.3. The third-order valence-corrected chi connectivity index (χ3v) is 11.9. The maximum atomic E-state index is 4.81. The van der Waals surface area contributed by atoms with Crippen LogP contribution in [0.5, 0.6) is 0 Å². The molecule has 1 aliphatic rings. The number of benzene rings is 9. The Balaban J connectivity index is 0.983. The van der Waals surface area contributed by atoms with Crippen LogP contribution >= 0.6 is 0 Å². The van der Waals surface area contributed by atoms with Crippen molar-refractivity contribution in [3.05, 3.63) is 207 Å². The molecule has 0 aliphatic heterocycles. The topological polar surface area (TPSA) is 17.3 Å². The third kappa shape index (κ3) is 4.94. The summed E-state index contributed by atoms with van der Waals surface area (Å²) < 4.78 is 2.06. The van der Waals surface area contributed by atoms with Gasteiger partial charge in [-0.05, 0) is 123 Å². The fraction of sp³-hybridized carbons (Fsp3) is 0. The smallest absolute Gasteiger partial charge is 0.137 e. The molecule has 0 atom stereocenters. The van der Waals surface area contributed by atoms with Crippen LogP contribution in [0.2, 0.25) is 0 Å². The highest BCUT2D eigenvalue weighted by Gasteiger charge is 2.31. The van der Waals surface area contributed by atoms with Gasteiger partial charge < -0.3 is 4.40 Å². The minimum Gasteiger partial charge on any atom is -0.306 e. The van der Waals surface area contributed by atoms with Crippen LogP contribution < -0.4 is 0 Å². The molecule has 0 bridgehead atoms. The van der Waals surface area contributed by atoms with Crippen molar-refractivity contribution in [1.82, 2.24) is 9.38 Å². The number of pyridine rings is 1. The van der Waals surface area contributed by atoms with Crippen LogP contribution in [0.25, 0.3) is 116 Å². The molecule has 0 spiro atoms. The first kappa shape index (κ1) is 31.8. The van der Waals surface area contributed by atoms with Crippen LogP contribution in [-0.4, -0.2) is 9.38 Å². The van der Waals surface area contributed by atoms with Crippen LogP contribution in [0.1, 0.15) is 0 Å². The molecule has 0 amide bonds. The monoisotopic (exact) mass is 722 g/mol. The van der Waals surface area contributed by atoms with Crippen molar-refractivity contribution in [2.24, 2.45) is 0 Å². The van der Waals surface area contributed by atoms with Gasteiger partial charge in [0.05, 0.1) is 5.69 Å². The van der Waals surface area contributed by atoms with E-state index < -0.39 is 0 Å². The molecule has 0 unspecified atom stereocenters. The van der Waals surface area contributed by atoms with E-state index in [2.05, 4.69) is 187 Å². The lowest BCUT2D eigenvalue weighted by Crippen LogP contribution is -1.93. The van der Waals surface area contributed by atoms with E-state index in [1.165, 1.54) is 99.1 Å². The fourth-order valence-electron chi connectivity index (χ4n) is 9.36. The van der Waals surface area contributed by atoms with E-state index in [4.69, 9.17) is 4.98 Å². The Morgan fingerprint density at radius 3 is 1.56 bits per heavy atom. The second kappa shape index (κ2) is 12.5. The van der Waals surface area contributed by atoms with E-state index in [1.807, 2.05) is 24.4 Å². The number of hydrogen-bond acceptors (Lipinski definition) is 1. The molecular weight excluding hydrogens is 689 g/mol. The Labute approximate surface area is 330 Å². The first-order chi connectivity index (χ1) is 28.3. The number of nitrogens with zero attached hydrogens (tertiary/aromatic N) is 2. The summed E-state index contributed by atoms with van der Waals surface area (Å²) in [6.07, 6.45) is 4.13. The molecule has 0 fully saturated rings. The highest BCUT2D eigenvalue weighted by atomic mass is 15.0. The summed E-state index contributed by atoms with van der Waals surface area (Å²) in [6, 6.07) is 71.1. The van der Waals surface area contributed by atoms with E-state index in [-0.39, 0.29) is 0 Å². The van der Waals surface area contributed by atoms with Crippen LogP contribution in [0.4, 0.5) is 0 Å². The highest BCUT2D eigenvalue weighted by Crippen LogP contribution is 2.58. The number of rotatable bonds is 5. The van der Waals surface area contributed by atoms with Gasteiger partial charge in [0.1, 0.15) is 5.65 Å². The normalized spacial score (nSPS) is 11.9. The zero-order chi connectivity index (χ0) is 37.5. The van der Waals surface area contributed by atoms with Crippen molar-refractivity contribution in [2.75, 3.05) is 0 Å². The SMILES string of the molecule is c1ccc(-c2c3c(c(-c4ccccc4)c4ccccc24)-c2ccc(-c4ccc5cc(-c6ccc(-c7cn8ccccc8n7)cc6)ccc5c4)c4cccc-3c24)cc1. The first-order valence-electron chi connectivity index (χ1n) is 19.6. The average molecular weight is 723 g/mol. The first-order valence-corrected chi connectivity index (χ1v) is 19.6. The molecule has 0 N–H and O–H groups in total. The number of aromatic nitrogens is 2. The molecule has 2 heteroatoms. The van der Waals surface area contributed by atoms with Crippen molar-refractivity contribution < 1.29 is 0 Å². The van der Waals surface area contributed by atoms with Gasteiger partial charge in [0, 0.05) is 18.0 Å². The van der Waals surface area contributed by atoms with Gasteiger partial charge in [-0.25, -0.2) is 4.98 Å². The zero-order valence-corrected chi connectivity index (χ0v) is 31.0. The van der Waals surface area contributed by atoms with Gasteiger partial charge in [0.2, 0.25) is 0 Å². The van der Waals surface area contributed by atoms with Gasteiger partial charge >= 0.3 is 0 Å². The minimum absolute atomic E-state index is 0.954. The van der Waals surface area contributed by atoms with E-state index in [9.17, 15) is 0 Å². The van der Waals surface area contributed by atoms with E-state index >= 15 is 0 Å². The second-order valence-electron chi connectivity index (χ2n) is 15.1. The molecule has 9 aromatic carbocycles. The summed E-state index contributed by atoms with van der Waals surface area (Å²) in [6.45, 7) is 0. The maximum Gasteiger partial charge on any atom is 0.137 e. The van der Waals surface area contributed by atoms with Crippen molar-refractivity contribution in [3.63, 3.8) is 0 Å². The molecule has 1 aliphatic carbocycles. The quantitative estimate of drug-likeness (QED) is 0.173. The Hall–Kier alpha value is -7.55. The second-order valence-corrected chi connectivity index (χ2v) is 15.1. The Morgan fingerprint density at radius 1 is 0.333 bits per heavy atom. The van der Waals surface area contributed by atoms with Crippen molar-refractivity contribution in [1.29, 1.82) is 0 Å². The summed E-state index contributed by atoms with van der Waals surface area (Å²) in [5, 5.41) is 7.63. The van der Waals surface area contributed by atoms with Gasteiger partial charge in [0.25, 0.3) is 0 Å². The molecule has 0 saturated heterocycles. The van der Waals surface area contributed by atoms with Gasteiger partial charge in [-0.2, -0.15) is 0 Å². The van der Waals surface area contributed by atoms with Gasteiger partial charge in [-0.15, -0.1) is 0 Å². The van der Waals surface area contributed by atoms with Gasteiger partial charge in [-0.1, -0.05) is 170 Å². The average Bonchev–Trinajstić information content (AvgIpc) is 3.87. The number of imidazole rings is 1. The van der Waals surface area contributed by atoms with Crippen LogP contribution in [0, 0.1) is 0 Å². The summed E-state index contributed by atoms with van der Waals surface area (Å²) in [7, 11) is 0.